The monoisotopic (exact) mass is 297 g/mol. The molecule has 0 aromatic carbocycles. The third-order valence-corrected chi connectivity index (χ3v) is 5.19. The zero-order valence-corrected chi connectivity index (χ0v) is 13.8. The van der Waals surface area contributed by atoms with Crippen molar-refractivity contribution >= 4 is 11.6 Å². The molecule has 2 rings (SSSR count). The molecule has 1 unspecified atom stereocenters. The fourth-order valence-corrected chi connectivity index (χ4v) is 3.71. The van der Waals surface area contributed by atoms with Crippen LogP contribution >= 0.6 is 11.6 Å². The number of rotatable bonds is 5. The summed E-state index contributed by atoms with van der Waals surface area (Å²) < 4.78 is 1.78. The van der Waals surface area contributed by atoms with E-state index in [9.17, 15) is 0 Å². The summed E-state index contributed by atoms with van der Waals surface area (Å²) >= 11 is 6.36. The molecule has 0 radical (unpaired) electrons. The predicted octanol–water partition coefficient (Wildman–Crippen LogP) is 3.87. The number of aromatic nitrogens is 2. The van der Waals surface area contributed by atoms with Gasteiger partial charge < -0.3 is 5.32 Å². The summed E-state index contributed by atoms with van der Waals surface area (Å²) in [5.74, 6) is 0.880. The van der Waals surface area contributed by atoms with Crippen molar-refractivity contribution in [1.82, 2.24) is 15.1 Å². The van der Waals surface area contributed by atoms with E-state index in [0.29, 0.717) is 6.04 Å². The third-order valence-electron chi connectivity index (χ3n) is 4.72. The van der Waals surface area contributed by atoms with Gasteiger partial charge in [-0.1, -0.05) is 50.1 Å². The summed E-state index contributed by atoms with van der Waals surface area (Å²) in [7, 11) is 3.99. The van der Waals surface area contributed by atoms with Crippen molar-refractivity contribution in [2.75, 3.05) is 7.05 Å². The first-order valence-electron chi connectivity index (χ1n) is 7.97. The summed E-state index contributed by atoms with van der Waals surface area (Å²) in [5, 5.41) is 8.70. The van der Waals surface area contributed by atoms with E-state index in [1.165, 1.54) is 50.5 Å². The fraction of sp³-hybridized carbons (Fsp3) is 0.812. The maximum Gasteiger partial charge on any atom is 0.130 e. The number of aryl methyl sites for hydroxylation is 2. The number of likely N-dealkylation sites (N-methyl/N-ethyl adjacent to an activating group) is 1. The van der Waals surface area contributed by atoms with Crippen molar-refractivity contribution < 1.29 is 0 Å². The first-order chi connectivity index (χ1) is 9.61. The van der Waals surface area contributed by atoms with E-state index < -0.39 is 0 Å². The van der Waals surface area contributed by atoms with Crippen LogP contribution in [-0.2, 0) is 13.5 Å². The van der Waals surface area contributed by atoms with Gasteiger partial charge in [0.05, 0.1) is 5.69 Å². The van der Waals surface area contributed by atoms with Crippen LogP contribution in [0.3, 0.4) is 0 Å². The van der Waals surface area contributed by atoms with Gasteiger partial charge in [-0.05, 0) is 32.7 Å². The van der Waals surface area contributed by atoms with Crippen LogP contribution in [0.4, 0.5) is 0 Å². The van der Waals surface area contributed by atoms with Gasteiger partial charge in [0.15, 0.2) is 0 Å². The van der Waals surface area contributed by atoms with Gasteiger partial charge in [-0.2, -0.15) is 5.10 Å². The van der Waals surface area contributed by atoms with Crippen LogP contribution in [0.25, 0.3) is 0 Å². The smallest absolute Gasteiger partial charge is 0.130 e. The number of nitrogens with one attached hydrogen (secondary N) is 1. The Morgan fingerprint density at radius 2 is 1.95 bits per heavy atom. The molecular formula is C16H28ClN3. The second-order valence-corrected chi connectivity index (χ2v) is 6.62. The summed E-state index contributed by atoms with van der Waals surface area (Å²) in [4.78, 5) is 0. The van der Waals surface area contributed by atoms with Gasteiger partial charge in [0.2, 0.25) is 0 Å². The molecule has 0 bridgehead atoms. The van der Waals surface area contributed by atoms with E-state index in [4.69, 9.17) is 11.6 Å². The summed E-state index contributed by atoms with van der Waals surface area (Å²) in [5.41, 5.74) is 2.28. The number of nitrogens with zero attached hydrogens (tertiary/aromatic N) is 2. The maximum absolute atomic E-state index is 6.36. The summed E-state index contributed by atoms with van der Waals surface area (Å²) in [6.07, 6.45) is 10.7. The highest BCUT2D eigenvalue weighted by Crippen LogP contribution is 2.28. The molecule has 1 aliphatic rings. The highest BCUT2D eigenvalue weighted by Gasteiger charge is 2.20. The van der Waals surface area contributed by atoms with Crippen molar-refractivity contribution in [3.63, 3.8) is 0 Å². The normalized spacial score (nSPS) is 19.0. The van der Waals surface area contributed by atoms with Crippen molar-refractivity contribution in [3.05, 3.63) is 16.4 Å². The highest BCUT2D eigenvalue weighted by atomic mass is 35.5. The van der Waals surface area contributed by atoms with Crippen LogP contribution < -0.4 is 5.32 Å². The molecule has 1 aromatic heterocycles. The number of halogens is 1. The Hall–Kier alpha value is -0.540. The average Bonchev–Trinajstić information content (AvgIpc) is 2.66. The van der Waals surface area contributed by atoms with Crippen LogP contribution in [0.15, 0.2) is 0 Å². The van der Waals surface area contributed by atoms with E-state index in [2.05, 4.69) is 24.4 Å². The van der Waals surface area contributed by atoms with Crippen LogP contribution in [-0.4, -0.2) is 22.9 Å². The zero-order chi connectivity index (χ0) is 14.5. The third kappa shape index (κ3) is 3.98. The maximum atomic E-state index is 6.36. The predicted molar refractivity (Wildman–Crippen MR) is 85.3 cm³/mol. The molecule has 1 aliphatic carbocycles. The molecule has 1 aromatic rings. The van der Waals surface area contributed by atoms with Crippen LogP contribution in [0, 0.1) is 12.8 Å². The molecule has 20 heavy (non-hydrogen) atoms. The first kappa shape index (κ1) is 15.8. The lowest BCUT2D eigenvalue weighted by molar-refractivity contribution is 0.361. The molecule has 0 amide bonds. The minimum atomic E-state index is 0.512. The van der Waals surface area contributed by atoms with Gasteiger partial charge in [-0.25, -0.2) is 0 Å². The van der Waals surface area contributed by atoms with Crippen LogP contribution in [0.1, 0.15) is 56.2 Å². The van der Waals surface area contributed by atoms with Gasteiger partial charge in [0.25, 0.3) is 0 Å². The minimum Gasteiger partial charge on any atom is -0.317 e. The van der Waals surface area contributed by atoms with Crippen molar-refractivity contribution in [2.45, 2.75) is 64.3 Å². The average molecular weight is 298 g/mol. The second-order valence-electron chi connectivity index (χ2n) is 6.26. The largest absolute Gasteiger partial charge is 0.317 e. The fourth-order valence-electron chi connectivity index (χ4n) is 3.46. The Morgan fingerprint density at radius 1 is 1.30 bits per heavy atom. The van der Waals surface area contributed by atoms with Gasteiger partial charge in [-0.15, -0.1) is 0 Å². The summed E-state index contributed by atoms with van der Waals surface area (Å²) in [6.45, 7) is 2.06. The molecule has 1 saturated carbocycles. The van der Waals surface area contributed by atoms with Crippen molar-refractivity contribution in [3.8, 4) is 0 Å². The quantitative estimate of drug-likeness (QED) is 0.836. The van der Waals surface area contributed by atoms with Crippen LogP contribution in [0.5, 0.6) is 0 Å². The number of hydrogen-bond donors (Lipinski definition) is 1. The van der Waals surface area contributed by atoms with Gasteiger partial charge >= 0.3 is 0 Å². The molecule has 1 atom stereocenters. The molecular weight excluding hydrogens is 270 g/mol. The van der Waals surface area contributed by atoms with Crippen molar-refractivity contribution in [1.29, 1.82) is 0 Å². The lowest BCUT2D eigenvalue weighted by Gasteiger charge is -2.22. The Bertz CT molecular complexity index is 420. The molecule has 0 aliphatic heterocycles. The molecule has 3 nitrogen and oxygen atoms in total. The van der Waals surface area contributed by atoms with Crippen LogP contribution in [0.2, 0.25) is 5.15 Å². The lowest BCUT2D eigenvalue weighted by Crippen LogP contribution is -2.30. The highest BCUT2D eigenvalue weighted by molar-refractivity contribution is 6.30. The molecule has 114 valence electrons. The van der Waals surface area contributed by atoms with E-state index in [1.807, 2.05) is 7.05 Å². The van der Waals surface area contributed by atoms with Gasteiger partial charge in [0.1, 0.15) is 5.15 Å². The lowest BCUT2D eigenvalue weighted by atomic mass is 9.90. The van der Waals surface area contributed by atoms with E-state index in [0.717, 1.165) is 23.2 Å². The van der Waals surface area contributed by atoms with E-state index >= 15 is 0 Å². The second kappa shape index (κ2) is 7.46. The Morgan fingerprint density at radius 3 is 2.45 bits per heavy atom. The summed E-state index contributed by atoms with van der Waals surface area (Å²) in [6, 6.07) is 0.512. The van der Waals surface area contributed by atoms with E-state index in [1.54, 1.807) is 4.68 Å². The molecule has 0 saturated heterocycles. The Kier molecular flexibility index (Phi) is 5.91. The Labute approximate surface area is 128 Å². The molecule has 1 fully saturated rings. The standard InChI is InChI=1S/C16H28ClN3/c1-12-15(16(17)20(3)19-12)11-14(18-2)10-13-8-6-4-5-7-9-13/h13-14,18H,4-11H2,1-3H3. The van der Waals surface area contributed by atoms with Crippen molar-refractivity contribution in [2.24, 2.45) is 13.0 Å². The first-order valence-corrected chi connectivity index (χ1v) is 8.34. The molecule has 0 spiro atoms. The Balaban J connectivity index is 1.97. The zero-order valence-electron chi connectivity index (χ0n) is 13.1. The minimum absolute atomic E-state index is 0.512. The van der Waals surface area contributed by atoms with E-state index in [-0.39, 0.29) is 0 Å². The topological polar surface area (TPSA) is 29.9 Å². The van der Waals surface area contributed by atoms with Gasteiger partial charge in [0, 0.05) is 18.7 Å². The molecule has 1 heterocycles. The molecule has 1 N–H and O–H groups in total. The van der Waals surface area contributed by atoms with Gasteiger partial charge in [-0.3, -0.25) is 4.68 Å². The molecule has 4 heteroatoms. The SMILES string of the molecule is CNC(Cc1c(C)nn(C)c1Cl)CC1CCCCCC1. The number of hydrogen-bond acceptors (Lipinski definition) is 2.